The molecule has 3 heteroatoms. The Bertz CT molecular complexity index is 232. The van der Waals surface area contributed by atoms with E-state index < -0.39 is 0 Å². The van der Waals surface area contributed by atoms with Gasteiger partial charge in [0.1, 0.15) is 6.04 Å². The predicted molar refractivity (Wildman–Crippen MR) is 67.2 cm³/mol. The summed E-state index contributed by atoms with van der Waals surface area (Å²) in [6, 6.07) is 3.35. The molecule has 92 valence electrons. The van der Waals surface area contributed by atoms with Gasteiger partial charge in [-0.25, -0.2) is 0 Å². The van der Waals surface area contributed by atoms with Gasteiger partial charge in [0, 0.05) is 18.6 Å². The fraction of sp³-hybridized carbons (Fsp3) is 0.923. The van der Waals surface area contributed by atoms with E-state index in [1.54, 1.807) is 0 Å². The van der Waals surface area contributed by atoms with Crippen LogP contribution in [-0.4, -0.2) is 36.1 Å². The van der Waals surface area contributed by atoms with Gasteiger partial charge in [-0.15, -0.1) is 0 Å². The summed E-state index contributed by atoms with van der Waals surface area (Å²) in [5.74, 6) is 0. The van der Waals surface area contributed by atoms with E-state index in [4.69, 9.17) is 5.26 Å². The highest BCUT2D eigenvalue weighted by atomic mass is 15.2. The van der Waals surface area contributed by atoms with Crippen LogP contribution in [-0.2, 0) is 0 Å². The molecule has 16 heavy (non-hydrogen) atoms. The minimum Gasteiger partial charge on any atom is -0.299 e. The lowest BCUT2D eigenvalue weighted by atomic mass is 10.1. The third-order valence-corrected chi connectivity index (χ3v) is 3.30. The smallest absolute Gasteiger partial charge is 0.108 e. The Morgan fingerprint density at radius 2 is 2.12 bits per heavy atom. The van der Waals surface area contributed by atoms with E-state index in [0.29, 0.717) is 12.1 Å². The van der Waals surface area contributed by atoms with Gasteiger partial charge in [-0.05, 0) is 40.2 Å². The van der Waals surface area contributed by atoms with Crippen molar-refractivity contribution >= 4 is 0 Å². The van der Waals surface area contributed by atoms with E-state index in [1.807, 2.05) is 0 Å². The lowest BCUT2D eigenvalue weighted by Crippen LogP contribution is -2.45. The van der Waals surface area contributed by atoms with E-state index in [9.17, 15) is 0 Å². The molecule has 0 amide bonds. The molecule has 0 spiro atoms. The molecule has 1 aliphatic rings. The zero-order chi connectivity index (χ0) is 12.0. The highest BCUT2D eigenvalue weighted by molar-refractivity contribution is 4.94. The molecule has 3 nitrogen and oxygen atoms in total. The van der Waals surface area contributed by atoms with E-state index in [0.717, 1.165) is 13.1 Å². The minimum atomic E-state index is -0.0273. The van der Waals surface area contributed by atoms with Crippen LogP contribution < -0.4 is 5.32 Å². The quantitative estimate of drug-likeness (QED) is 0.793. The second kappa shape index (κ2) is 6.88. The molecule has 2 atom stereocenters. The van der Waals surface area contributed by atoms with Crippen molar-refractivity contribution in [1.29, 1.82) is 5.26 Å². The Balaban J connectivity index is 2.45. The fourth-order valence-electron chi connectivity index (χ4n) is 2.37. The Kier molecular flexibility index (Phi) is 5.79. The van der Waals surface area contributed by atoms with Crippen molar-refractivity contribution in [3.63, 3.8) is 0 Å². The van der Waals surface area contributed by atoms with E-state index >= 15 is 0 Å². The van der Waals surface area contributed by atoms with Gasteiger partial charge in [0.15, 0.2) is 0 Å². The van der Waals surface area contributed by atoms with Crippen LogP contribution in [0.4, 0.5) is 0 Å². The predicted octanol–water partition coefficient (Wildman–Crippen LogP) is 2.14. The highest BCUT2D eigenvalue weighted by Gasteiger charge is 2.20. The van der Waals surface area contributed by atoms with E-state index in [-0.39, 0.29) is 6.04 Å². The third-order valence-electron chi connectivity index (χ3n) is 3.30. The maximum Gasteiger partial charge on any atom is 0.108 e. The van der Waals surface area contributed by atoms with Crippen LogP contribution in [0.2, 0.25) is 0 Å². The van der Waals surface area contributed by atoms with Crippen molar-refractivity contribution in [2.24, 2.45) is 0 Å². The molecule has 0 aliphatic carbocycles. The molecule has 1 heterocycles. The number of nitrogens with one attached hydrogen (secondary N) is 1. The zero-order valence-electron chi connectivity index (χ0n) is 10.9. The van der Waals surface area contributed by atoms with Crippen LogP contribution >= 0.6 is 0 Å². The van der Waals surface area contributed by atoms with Gasteiger partial charge in [-0.3, -0.25) is 10.2 Å². The molecule has 2 unspecified atom stereocenters. The summed E-state index contributed by atoms with van der Waals surface area (Å²) in [5.41, 5.74) is 0. The first-order chi connectivity index (χ1) is 7.63. The standard InChI is InChI=1S/C13H25N3/c1-11(2)15-13(9-14)10-16-8-6-4-5-7-12(16)3/h11-13,15H,4-8,10H2,1-3H3. The number of hydrogen-bond acceptors (Lipinski definition) is 3. The molecular weight excluding hydrogens is 198 g/mol. The summed E-state index contributed by atoms with van der Waals surface area (Å²) >= 11 is 0. The van der Waals surface area contributed by atoms with Gasteiger partial charge in [0.05, 0.1) is 6.07 Å². The summed E-state index contributed by atoms with van der Waals surface area (Å²) < 4.78 is 0. The van der Waals surface area contributed by atoms with Crippen LogP contribution in [0, 0.1) is 11.3 Å². The van der Waals surface area contributed by atoms with Crippen molar-refractivity contribution in [2.45, 2.75) is 64.6 Å². The summed E-state index contributed by atoms with van der Waals surface area (Å²) in [5, 5.41) is 12.4. The number of nitriles is 1. The van der Waals surface area contributed by atoms with Crippen LogP contribution in [0.25, 0.3) is 0 Å². The maximum atomic E-state index is 9.12. The summed E-state index contributed by atoms with van der Waals surface area (Å²) in [6.07, 6.45) is 5.24. The van der Waals surface area contributed by atoms with E-state index in [2.05, 4.69) is 37.1 Å². The number of likely N-dealkylation sites (tertiary alicyclic amines) is 1. The van der Waals surface area contributed by atoms with Crippen molar-refractivity contribution in [3.05, 3.63) is 0 Å². The van der Waals surface area contributed by atoms with Gasteiger partial charge in [0.2, 0.25) is 0 Å². The number of nitrogens with zero attached hydrogens (tertiary/aromatic N) is 2. The van der Waals surface area contributed by atoms with Crippen LogP contribution in [0.3, 0.4) is 0 Å². The fourth-order valence-corrected chi connectivity index (χ4v) is 2.37. The summed E-state index contributed by atoms with van der Waals surface area (Å²) in [7, 11) is 0. The number of rotatable bonds is 4. The average molecular weight is 223 g/mol. The molecule has 0 saturated carbocycles. The van der Waals surface area contributed by atoms with Crippen LogP contribution in [0.1, 0.15) is 46.5 Å². The molecule has 1 saturated heterocycles. The first kappa shape index (κ1) is 13.5. The monoisotopic (exact) mass is 223 g/mol. The number of hydrogen-bond donors (Lipinski definition) is 1. The SMILES string of the molecule is CC(C)NC(C#N)CN1CCCCCC1C. The van der Waals surface area contributed by atoms with Crippen molar-refractivity contribution in [2.75, 3.05) is 13.1 Å². The first-order valence-corrected chi connectivity index (χ1v) is 6.53. The molecular formula is C13H25N3. The maximum absolute atomic E-state index is 9.12. The second-order valence-electron chi connectivity index (χ2n) is 5.20. The van der Waals surface area contributed by atoms with Gasteiger partial charge >= 0.3 is 0 Å². The van der Waals surface area contributed by atoms with Gasteiger partial charge in [0.25, 0.3) is 0 Å². The summed E-state index contributed by atoms with van der Waals surface area (Å²) in [6.45, 7) is 8.50. The lowest BCUT2D eigenvalue weighted by molar-refractivity contribution is 0.199. The largest absolute Gasteiger partial charge is 0.299 e. The Morgan fingerprint density at radius 1 is 1.38 bits per heavy atom. The van der Waals surface area contributed by atoms with Crippen molar-refractivity contribution in [1.82, 2.24) is 10.2 Å². The Labute approximate surface area is 99.8 Å². The second-order valence-corrected chi connectivity index (χ2v) is 5.20. The van der Waals surface area contributed by atoms with E-state index in [1.165, 1.54) is 25.7 Å². The molecule has 0 radical (unpaired) electrons. The minimum absolute atomic E-state index is 0.0273. The molecule has 1 N–H and O–H groups in total. The third kappa shape index (κ3) is 4.51. The van der Waals surface area contributed by atoms with Gasteiger partial charge in [-0.1, -0.05) is 12.8 Å². The Morgan fingerprint density at radius 3 is 2.75 bits per heavy atom. The lowest BCUT2D eigenvalue weighted by Gasteiger charge is -2.29. The highest BCUT2D eigenvalue weighted by Crippen LogP contribution is 2.16. The van der Waals surface area contributed by atoms with Crippen LogP contribution in [0.5, 0.6) is 0 Å². The molecule has 1 fully saturated rings. The van der Waals surface area contributed by atoms with Crippen LogP contribution in [0.15, 0.2) is 0 Å². The molecule has 1 rings (SSSR count). The van der Waals surface area contributed by atoms with Gasteiger partial charge in [-0.2, -0.15) is 5.26 Å². The molecule has 0 bridgehead atoms. The normalized spacial score (nSPS) is 25.1. The topological polar surface area (TPSA) is 39.1 Å². The molecule has 1 aliphatic heterocycles. The molecule has 0 aromatic rings. The first-order valence-electron chi connectivity index (χ1n) is 6.53. The van der Waals surface area contributed by atoms with Crippen molar-refractivity contribution in [3.8, 4) is 6.07 Å². The zero-order valence-corrected chi connectivity index (χ0v) is 10.9. The summed E-state index contributed by atoms with van der Waals surface area (Å²) in [4.78, 5) is 2.47. The molecule has 0 aromatic carbocycles. The molecule has 0 aromatic heterocycles. The van der Waals surface area contributed by atoms with Gasteiger partial charge < -0.3 is 0 Å². The Hall–Kier alpha value is -0.590. The van der Waals surface area contributed by atoms with Crippen molar-refractivity contribution < 1.29 is 0 Å². The average Bonchev–Trinajstić information content (AvgIpc) is 2.42.